The second-order valence-electron chi connectivity index (χ2n) is 4.53. The van der Waals surface area contributed by atoms with Gasteiger partial charge in [0, 0.05) is 25.2 Å². The van der Waals surface area contributed by atoms with E-state index >= 15 is 0 Å². The smallest absolute Gasteiger partial charge is 0.326 e. The van der Waals surface area contributed by atoms with Gasteiger partial charge in [0.2, 0.25) is 5.91 Å². The highest BCUT2D eigenvalue weighted by molar-refractivity contribution is 5.93. The zero-order valence-electron chi connectivity index (χ0n) is 11.4. The van der Waals surface area contributed by atoms with Gasteiger partial charge in [-0.1, -0.05) is 19.1 Å². The molecule has 6 heteroatoms. The first-order valence-electron chi connectivity index (χ1n) is 6.53. The number of halogens is 3. The molecule has 20 heavy (non-hydrogen) atoms. The van der Waals surface area contributed by atoms with E-state index in [4.69, 9.17) is 5.73 Å². The van der Waals surface area contributed by atoms with Gasteiger partial charge in [-0.15, -0.1) is 0 Å². The quantitative estimate of drug-likeness (QED) is 0.873. The van der Waals surface area contributed by atoms with Crippen LogP contribution in [-0.2, 0) is 11.3 Å². The molecule has 2 N–H and O–H groups in total. The van der Waals surface area contributed by atoms with E-state index in [1.807, 2.05) is 6.92 Å². The van der Waals surface area contributed by atoms with Crippen LogP contribution in [-0.4, -0.2) is 18.6 Å². The first-order valence-corrected chi connectivity index (χ1v) is 6.53. The van der Waals surface area contributed by atoms with Gasteiger partial charge in [-0.05, 0) is 24.1 Å². The van der Waals surface area contributed by atoms with Crippen LogP contribution in [0.3, 0.4) is 0 Å². The van der Waals surface area contributed by atoms with Gasteiger partial charge in [-0.25, -0.2) is 0 Å². The molecule has 0 spiro atoms. The Labute approximate surface area is 116 Å². The van der Waals surface area contributed by atoms with E-state index < -0.39 is 24.9 Å². The standard InChI is InChI=1S/C14H19F3N2O/c1-2-9-19(13(20)7-8-14(15,16)17)12-5-3-11(10-18)4-6-12/h3-6H,2,7-10,18H2,1H3. The lowest BCUT2D eigenvalue weighted by molar-refractivity contribution is -0.143. The summed E-state index contributed by atoms with van der Waals surface area (Å²) in [5, 5.41) is 0. The van der Waals surface area contributed by atoms with Gasteiger partial charge < -0.3 is 10.6 Å². The Morgan fingerprint density at radius 3 is 2.30 bits per heavy atom. The minimum absolute atomic E-state index is 0.385. The lowest BCUT2D eigenvalue weighted by Crippen LogP contribution is -2.32. The number of rotatable bonds is 6. The van der Waals surface area contributed by atoms with Crippen molar-refractivity contribution < 1.29 is 18.0 Å². The van der Waals surface area contributed by atoms with E-state index in [1.165, 1.54) is 4.90 Å². The Morgan fingerprint density at radius 1 is 1.25 bits per heavy atom. The summed E-state index contributed by atoms with van der Waals surface area (Å²) in [5.41, 5.74) is 7.00. The highest BCUT2D eigenvalue weighted by Gasteiger charge is 2.29. The van der Waals surface area contributed by atoms with E-state index in [9.17, 15) is 18.0 Å². The average Bonchev–Trinajstić information content (AvgIpc) is 2.41. The molecule has 0 unspecified atom stereocenters. The van der Waals surface area contributed by atoms with Crippen molar-refractivity contribution in [3.63, 3.8) is 0 Å². The third kappa shape index (κ3) is 5.21. The zero-order chi connectivity index (χ0) is 15.2. The van der Waals surface area contributed by atoms with Crippen LogP contribution in [0.1, 0.15) is 31.7 Å². The van der Waals surface area contributed by atoms with Crippen LogP contribution >= 0.6 is 0 Å². The van der Waals surface area contributed by atoms with Crippen molar-refractivity contribution in [1.29, 1.82) is 0 Å². The molecule has 1 amide bonds. The van der Waals surface area contributed by atoms with Gasteiger partial charge in [-0.2, -0.15) is 13.2 Å². The number of alkyl halides is 3. The number of hydrogen-bond acceptors (Lipinski definition) is 2. The van der Waals surface area contributed by atoms with Gasteiger partial charge in [-0.3, -0.25) is 4.79 Å². The third-order valence-electron chi connectivity index (χ3n) is 2.85. The van der Waals surface area contributed by atoms with Crippen molar-refractivity contribution in [2.75, 3.05) is 11.4 Å². The summed E-state index contributed by atoms with van der Waals surface area (Å²) in [6.45, 7) is 2.66. The monoisotopic (exact) mass is 288 g/mol. The Balaban J connectivity index is 2.78. The molecule has 1 aromatic carbocycles. The number of carbonyl (C=O) groups is 1. The molecule has 0 fully saturated rings. The number of amides is 1. The topological polar surface area (TPSA) is 46.3 Å². The van der Waals surface area contributed by atoms with Gasteiger partial charge in [0.05, 0.1) is 6.42 Å². The maximum atomic E-state index is 12.2. The van der Waals surface area contributed by atoms with Crippen molar-refractivity contribution in [1.82, 2.24) is 0 Å². The van der Waals surface area contributed by atoms with Crippen molar-refractivity contribution >= 4 is 11.6 Å². The molecule has 1 aromatic rings. The maximum Gasteiger partial charge on any atom is 0.389 e. The van der Waals surface area contributed by atoms with E-state index in [1.54, 1.807) is 24.3 Å². The van der Waals surface area contributed by atoms with E-state index in [2.05, 4.69) is 0 Å². The van der Waals surface area contributed by atoms with Crippen LogP contribution in [0.25, 0.3) is 0 Å². The molecule has 0 atom stereocenters. The second-order valence-corrected chi connectivity index (χ2v) is 4.53. The number of nitrogens with zero attached hydrogens (tertiary/aromatic N) is 1. The number of hydrogen-bond donors (Lipinski definition) is 1. The molecular formula is C14H19F3N2O. The molecule has 0 aromatic heterocycles. The fourth-order valence-electron chi connectivity index (χ4n) is 1.82. The Morgan fingerprint density at radius 2 is 1.85 bits per heavy atom. The van der Waals surface area contributed by atoms with Crippen LogP contribution in [0.2, 0.25) is 0 Å². The molecule has 0 aliphatic heterocycles. The molecular weight excluding hydrogens is 269 g/mol. The first-order chi connectivity index (χ1) is 9.37. The van der Waals surface area contributed by atoms with Gasteiger partial charge in [0.15, 0.2) is 0 Å². The SMILES string of the molecule is CCCN(C(=O)CCC(F)(F)F)c1ccc(CN)cc1. The molecule has 0 radical (unpaired) electrons. The van der Waals surface area contributed by atoms with Crippen molar-refractivity contribution in [3.8, 4) is 0 Å². The fraction of sp³-hybridized carbons (Fsp3) is 0.500. The van der Waals surface area contributed by atoms with Gasteiger partial charge >= 0.3 is 6.18 Å². The summed E-state index contributed by atoms with van der Waals surface area (Å²) in [4.78, 5) is 13.3. The summed E-state index contributed by atoms with van der Waals surface area (Å²) in [5.74, 6) is -0.510. The summed E-state index contributed by atoms with van der Waals surface area (Å²) in [6, 6.07) is 6.97. The Hall–Kier alpha value is -1.56. The van der Waals surface area contributed by atoms with E-state index in [0.29, 0.717) is 25.2 Å². The van der Waals surface area contributed by atoms with Crippen molar-refractivity contribution in [3.05, 3.63) is 29.8 Å². The number of benzene rings is 1. The predicted octanol–water partition coefficient (Wildman–Crippen LogP) is 3.23. The van der Waals surface area contributed by atoms with Crippen molar-refractivity contribution in [2.45, 2.75) is 38.9 Å². The summed E-state index contributed by atoms with van der Waals surface area (Å²) in [6.07, 6.45) is -5.25. The van der Waals surface area contributed by atoms with Crippen LogP contribution < -0.4 is 10.6 Å². The number of carbonyl (C=O) groups excluding carboxylic acids is 1. The molecule has 0 aliphatic rings. The zero-order valence-corrected chi connectivity index (χ0v) is 11.4. The van der Waals surface area contributed by atoms with Crippen LogP contribution in [0.4, 0.5) is 18.9 Å². The highest BCUT2D eigenvalue weighted by atomic mass is 19.4. The molecule has 0 heterocycles. The van der Waals surface area contributed by atoms with Crippen LogP contribution in [0.15, 0.2) is 24.3 Å². The van der Waals surface area contributed by atoms with Gasteiger partial charge in [0.1, 0.15) is 0 Å². The molecule has 0 saturated heterocycles. The minimum Gasteiger partial charge on any atom is -0.326 e. The van der Waals surface area contributed by atoms with Crippen molar-refractivity contribution in [2.24, 2.45) is 5.73 Å². The first kappa shape index (κ1) is 16.5. The van der Waals surface area contributed by atoms with E-state index in [-0.39, 0.29) is 0 Å². The largest absolute Gasteiger partial charge is 0.389 e. The normalized spacial score (nSPS) is 11.4. The summed E-state index contributed by atoms with van der Waals surface area (Å²) in [7, 11) is 0. The van der Waals surface area contributed by atoms with Gasteiger partial charge in [0.25, 0.3) is 0 Å². The molecule has 1 rings (SSSR count). The Bertz CT molecular complexity index is 429. The third-order valence-corrected chi connectivity index (χ3v) is 2.85. The molecule has 0 aliphatic carbocycles. The van der Waals surface area contributed by atoms with Crippen LogP contribution in [0, 0.1) is 0 Å². The average molecular weight is 288 g/mol. The van der Waals surface area contributed by atoms with E-state index in [0.717, 1.165) is 5.56 Å². The maximum absolute atomic E-state index is 12.2. The van der Waals surface area contributed by atoms with Crippen LogP contribution in [0.5, 0.6) is 0 Å². The lowest BCUT2D eigenvalue weighted by atomic mass is 10.1. The fourth-order valence-corrected chi connectivity index (χ4v) is 1.82. The predicted molar refractivity (Wildman–Crippen MR) is 72.3 cm³/mol. The molecule has 3 nitrogen and oxygen atoms in total. The second kappa shape index (κ2) is 7.28. The summed E-state index contributed by atoms with van der Waals surface area (Å²) >= 11 is 0. The molecule has 0 saturated carbocycles. The minimum atomic E-state index is -4.31. The summed E-state index contributed by atoms with van der Waals surface area (Å²) < 4.78 is 36.5. The highest BCUT2D eigenvalue weighted by Crippen LogP contribution is 2.23. The molecule has 0 bridgehead atoms. The lowest BCUT2D eigenvalue weighted by Gasteiger charge is -2.23. The number of nitrogens with two attached hydrogens (primary N) is 1. The number of anilines is 1. The molecule has 112 valence electrons. The Kier molecular flexibility index (Phi) is 6.01.